The number of hydrogen-bond acceptors (Lipinski definition) is 6. The van der Waals surface area contributed by atoms with Crippen molar-refractivity contribution in [3.05, 3.63) is 29.5 Å². The summed E-state index contributed by atoms with van der Waals surface area (Å²) in [5, 5.41) is 30.4. The lowest BCUT2D eigenvalue weighted by Crippen LogP contribution is -2.14. The van der Waals surface area contributed by atoms with E-state index < -0.39 is 6.10 Å². The second-order valence-corrected chi connectivity index (χ2v) is 4.69. The fourth-order valence-corrected chi connectivity index (χ4v) is 2.49. The Balaban J connectivity index is 2.32. The number of rotatable bonds is 3. The predicted molar refractivity (Wildman–Crippen MR) is 76.3 cm³/mol. The van der Waals surface area contributed by atoms with Gasteiger partial charge in [-0.25, -0.2) is 0 Å². The summed E-state index contributed by atoms with van der Waals surface area (Å²) in [6.45, 7) is 0. The number of methoxy groups -OCH3 is 2. The number of H-pyrrole nitrogens is 1. The van der Waals surface area contributed by atoms with Gasteiger partial charge in [-0.15, -0.1) is 5.10 Å². The molecule has 1 heterocycles. The van der Waals surface area contributed by atoms with Gasteiger partial charge in [0, 0.05) is 12.5 Å². The van der Waals surface area contributed by atoms with Crippen LogP contribution in [0.3, 0.4) is 0 Å². The van der Waals surface area contributed by atoms with Crippen LogP contribution < -0.4 is 9.47 Å². The standard InChI is InChI=1S/C14H15N3O4/c1-20-11-6-9-13(16-17-15-9)12(14(11)21-2)8-4-3-7(18)5-10(8)19/h3-4,6,10,18-19H,5H2,1-2H3,(H,15,16,17). The Morgan fingerprint density at radius 2 is 2.10 bits per heavy atom. The van der Waals surface area contributed by atoms with Crippen LogP contribution in [0.1, 0.15) is 12.0 Å². The lowest BCUT2D eigenvalue weighted by atomic mass is 9.92. The molecular formula is C14H15N3O4. The molecule has 1 unspecified atom stereocenters. The fraction of sp³-hybridized carbons (Fsp3) is 0.286. The number of ether oxygens (including phenoxy) is 2. The second kappa shape index (κ2) is 5.10. The fourth-order valence-electron chi connectivity index (χ4n) is 2.49. The summed E-state index contributed by atoms with van der Waals surface area (Å²) in [7, 11) is 3.06. The SMILES string of the molecule is COc1cc2[nH]nnc2c(C2=CC=C(O)CC2O)c1OC. The maximum atomic E-state index is 10.2. The summed E-state index contributed by atoms with van der Waals surface area (Å²) in [4.78, 5) is 0. The van der Waals surface area contributed by atoms with E-state index in [4.69, 9.17) is 9.47 Å². The number of nitrogens with zero attached hydrogens (tertiary/aromatic N) is 2. The maximum absolute atomic E-state index is 10.2. The van der Waals surface area contributed by atoms with Gasteiger partial charge in [-0.1, -0.05) is 11.3 Å². The number of benzene rings is 1. The summed E-state index contributed by atoms with van der Waals surface area (Å²) in [6, 6.07) is 1.74. The molecule has 0 radical (unpaired) electrons. The largest absolute Gasteiger partial charge is 0.512 e. The van der Waals surface area contributed by atoms with E-state index >= 15 is 0 Å². The Kier molecular flexibility index (Phi) is 3.26. The van der Waals surface area contributed by atoms with Gasteiger partial charge in [0.15, 0.2) is 11.5 Å². The summed E-state index contributed by atoms with van der Waals surface area (Å²) >= 11 is 0. The van der Waals surface area contributed by atoms with Crippen molar-refractivity contribution in [2.24, 2.45) is 0 Å². The minimum atomic E-state index is -0.851. The van der Waals surface area contributed by atoms with Crippen molar-refractivity contribution in [3.8, 4) is 11.5 Å². The molecule has 3 N–H and O–H groups in total. The number of nitrogens with one attached hydrogen (secondary N) is 1. The van der Waals surface area contributed by atoms with Crippen molar-refractivity contribution in [1.82, 2.24) is 15.4 Å². The highest BCUT2D eigenvalue weighted by Gasteiger charge is 2.26. The summed E-state index contributed by atoms with van der Waals surface area (Å²) < 4.78 is 10.8. The Morgan fingerprint density at radius 3 is 2.76 bits per heavy atom. The molecule has 7 nitrogen and oxygen atoms in total. The molecule has 1 atom stereocenters. The van der Waals surface area contributed by atoms with Gasteiger partial charge in [-0.05, 0) is 11.6 Å². The van der Waals surface area contributed by atoms with Crippen LogP contribution >= 0.6 is 0 Å². The maximum Gasteiger partial charge on any atom is 0.170 e. The topological polar surface area (TPSA) is 100 Å². The molecule has 1 aromatic heterocycles. The molecule has 7 heteroatoms. The average molecular weight is 289 g/mol. The monoisotopic (exact) mass is 289 g/mol. The lowest BCUT2D eigenvalue weighted by Gasteiger charge is -2.21. The average Bonchev–Trinajstić information content (AvgIpc) is 2.93. The minimum absolute atomic E-state index is 0.129. The van der Waals surface area contributed by atoms with E-state index in [1.54, 1.807) is 18.2 Å². The van der Waals surface area contributed by atoms with Crippen molar-refractivity contribution < 1.29 is 19.7 Å². The number of fused-ring (bicyclic) bond motifs is 1. The molecule has 0 saturated heterocycles. The van der Waals surface area contributed by atoms with Crippen LogP contribution in [0.2, 0.25) is 0 Å². The molecule has 0 amide bonds. The molecule has 0 fully saturated rings. The van der Waals surface area contributed by atoms with Crippen LogP contribution in [0.25, 0.3) is 16.6 Å². The molecule has 0 spiro atoms. The van der Waals surface area contributed by atoms with Crippen LogP contribution in [-0.4, -0.2) is 45.9 Å². The Bertz CT molecular complexity index is 748. The van der Waals surface area contributed by atoms with Gasteiger partial charge < -0.3 is 19.7 Å². The number of aromatic nitrogens is 3. The first-order chi connectivity index (χ1) is 10.2. The molecule has 21 heavy (non-hydrogen) atoms. The summed E-state index contributed by atoms with van der Waals surface area (Å²) in [5.41, 5.74) is 2.46. The molecular weight excluding hydrogens is 274 g/mol. The third-order valence-electron chi connectivity index (χ3n) is 3.47. The molecule has 110 valence electrons. The van der Waals surface area contributed by atoms with Crippen LogP contribution in [0.15, 0.2) is 24.0 Å². The molecule has 0 saturated carbocycles. The molecule has 1 aromatic carbocycles. The Labute approximate surface area is 120 Å². The Hall–Kier alpha value is -2.54. The van der Waals surface area contributed by atoms with Crippen molar-refractivity contribution in [3.63, 3.8) is 0 Å². The van der Waals surface area contributed by atoms with Crippen LogP contribution in [0.5, 0.6) is 11.5 Å². The predicted octanol–water partition coefficient (Wildman–Crippen LogP) is 1.56. The first-order valence-corrected chi connectivity index (χ1v) is 6.39. The molecule has 0 aliphatic heterocycles. The zero-order valence-corrected chi connectivity index (χ0v) is 11.6. The normalized spacial score (nSPS) is 18.3. The second-order valence-electron chi connectivity index (χ2n) is 4.69. The first kappa shape index (κ1) is 13.4. The van der Waals surface area contributed by atoms with Gasteiger partial charge in [0.2, 0.25) is 0 Å². The van der Waals surface area contributed by atoms with Gasteiger partial charge in [0.05, 0.1) is 37.2 Å². The third kappa shape index (κ3) is 2.11. The highest BCUT2D eigenvalue weighted by atomic mass is 16.5. The quantitative estimate of drug-likeness (QED) is 0.793. The number of hydrogen-bond donors (Lipinski definition) is 3. The van der Waals surface area contributed by atoms with Gasteiger partial charge >= 0.3 is 0 Å². The first-order valence-electron chi connectivity index (χ1n) is 6.39. The molecule has 0 bridgehead atoms. The highest BCUT2D eigenvalue weighted by Crippen LogP contribution is 2.42. The highest BCUT2D eigenvalue weighted by molar-refractivity contribution is 5.95. The van der Waals surface area contributed by atoms with E-state index in [0.29, 0.717) is 33.7 Å². The molecule has 1 aliphatic carbocycles. The zero-order chi connectivity index (χ0) is 15.0. The minimum Gasteiger partial charge on any atom is -0.512 e. The van der Waals surface area contributed by atoms with Crippen molar-refractivity contribution in [1.29, 1.82) is 0 Å². The number of allylic oxidation sites excluding steroid dienone is 2. The van der Waals surface area contributed by atoms with E-state index in [0.717, 1.165) is 0 Å². The van der Waals surface area contributed by atoms with Crippen molar-refractivity contribution in [2.75, 3.05) is 14.2 Å². The summed E-state index contributed by atoms with van der Waals surface area (Å²) in [5.74, 6) is 1.11. The van der Waals surface area contributed by atoms with Gasteiger partial charge in [0.25, 0.3) is 0 Å². The smallest absolute Gasteiger partial charge is 0.170 e. The lowest BCUT2D eigenvalue weighted by molar-refractivity contribution is 0.208. The molecule has 3 rings (SSSR count). The van der Waals surface area contributed by atoms with Crippen LogP contribution in [0.4, 0.5) is 0 Å². The van der Waals surface area contributed by atoms with E-state index in [9.17, 15) is 10.2 Å². The van der Waals surface area contributed by atoms with Gasteiger partial charge in [-0.3, -0.25) is 5.10 Å². The van der Waals surface area contributed by atoms with Crippen molar-refractivity contribution in [2.45, 2.75) is 12.5 Å². The number of aliphatic hydroxyl groups is 2. The van der Waals surface area contributed by atoms with E-state index in [1.807, 2.05) is 0 Å². The van der Waals surface area contributed by atoms with Gasteiger partial charge in [-0.2, -0.15) is 0 Å². The zero-order valence-electron chi connectivity index (χ0n) is 11.6. The Morgan fingerprint density at radius 1 is 1.29 bits per heavy atom. The molecule has 1 aliphatic rings. The number of aromatic amines is 1. The van der Waals surface area contributed by atoms with E-state index in [2.05, 4.69) is 15.4 Å². The van der Waals surface area contributed by atoms with Crippen LogP contribution in [0, 0.1) is 0 Å². The van der Waals surface area contributed by atoms with Crippen LogP contribution in [-0.2, 0) is 0 Å². The van der Waals surface area contributed by atoms with Crippen molar-refractivity contribution >= 4 is 16.6 Å². The van der Waals surface area contributed by atoms with E-state index in [-0.39, 0.29) is 12.2 Å². The summed E-state index contributed by atoms with van der Waals surface area (Å²) in [6.07, 6.45) is 2.49. The van der Waals surface area contributed by atoms with E-state index in [1.165, 1.54) is 14.2 Å². The third-order valence-corrected chi connectivity index (χ3v) is 3.47. The molecule has 2 aromatic rings. The number of aliphatic hydroxyl groups excluding tert-OH is 2. The van der Waals surface area contributed by atoms with Gasteiger partial charge in [0.1, 0.15) is 5.52 Å².